The first kappa shape index (κ1) is 23.7. The zero-order valence-electron chi connectivity index (χ0n) is 16.1. The van der Waals surface area contributed by atoms with Crippen molar-refractivity contribution in [2.24, 2.45) is 0 Å². The summed E-state index contributed by atoms with van der Waals surface area (Å²) in [5, 5.41) is 2.18. The van der Waals surface area contributed by atoms with Crippen LogP contribution in [0.4, 0.5) is 14.5 Å². The van der Waals surface area contributed by atoms with Crippen molar-refractivity contribution >= 4 is 39.2 Å². The predicted octanol–water partition coefficient (Wildman–Crippen LogP) is 3.44. The fourth-order valence-corrected chi connectivity index (χ4v) is 4.19. The highest BCUT2D eigenvalue weighted by Crippen LogP contribution is 2.24. The fraction of sp³-hybridized carbons (Fsp3) is 0.263. The van der Waals surface area contributed by atoms with Gasteiger partial charge in [0.25, 0.3) is 5.91 Å². The number of carbonyl (C=O) groups is 2. The van der Waals surface area contributed by atoms with Crippen molar-refractivity contribution in [2.75, 3.05) is 25.0 Å². The molecule has 2 aromatic carbocycles. The van der Waals surface area contributed by atoms with Crippen LogP contribution in [0.1, 0.15) is 24.2 Å². The standard InChI is InChI=1S/C19H19ClF2N2O5S/c1-3-24(4-2)30(27,28)13-6-7-15(20)14(10-13)19(26)29-11-18(25)23-12-5-8-16(21)17(22)9-12/h5-10H,3-4,11H2,1-2H3,(H,23,25). The highest BCUT2D eigenvalue weighted by atomic mass is 35.5. The average molecular weight is 461 g/mol. The second-order valence-corrected chi connectivity index (χ2v) is 8.33. The molecule has 1 N–H and O–H groups in total. The van der Waals surface area contributed by atoms with Crippen LogP contribution in [0.25, 0.3) is 0 Å². The van der Waals surface area contributed by atoms with Crippen LogP contribution < -0.4 is 5.32 Å². The van der Waals surface area contributed by atoms with Gasteiger partial charge in [0.2, 0.25) is 10.0 Å². The zero-order chi connectivity index (χ0) is 22.5. The number of amides is 1. The number of rotatable bonds is 8. The highest BCUT2D eigenvalue weighted by molar-refractivity contribution is 7.89. The molecule has 0 radical (unpaired) electrons. The van der Waals surface area contributed by atoms with Gasteiger partial charge in [-0.1, -0.05) is 25.4 Å². The molecule has 0 unspecified atom stereocenters. The topological polar surface area (TPSA) is 92.8 Å². The monoisotopic (exact) mass is 460 g/mol. The minimum Gasteiger partial charge on any atom is -0.452 e. The Bertz CT molecular complexity index is 1060. The van der Waals surface area contributed by atoms with E-state index < -0.39 is 40.1 Å². The van der Waals surface area contributed by atoms with Gasteiger partial charge in [0.05, 0.1) is 15.5 Å². The quantitative estimate of drug-likeness (QED) is 0.609. The minimum atomic E-state index is -3.83. The molecule has 0 aliphatic heterocycles. The van der Waals surface area contributed by atoms with Crippen LogP contribution in [-0.4, -0.2) is 44.3 Å². The number of benzene rings is 2. The molecule has 0 aliphatic carbocycles. The number of anilines is 1. The number of hydrogen-bond acceptors (Lipinski definition) is 5. The molecule has 7 nitrogen and oxygen atoms in total. The maximum absolute atomic E-state index is 13.2. The van der Waals surface area contributed by atoms with Crippen molar-refractivity contribution in [3.63, 3.8) is 0 Å². The van der Waals surface area contributed by atoms with E-state index >= 15 is 0 Å². The SMILES string of the molecule is CCN(CC)S(=O)(=O)c1ccc(Cl)c(C(=O)OCC(=O)Nc2ccc(F)c(F)c2)c1. The van der Waals surface area contributed by atoms with E-state index in [2.05, 4.69) is 5.32 Å². The molecule has 0 saturated carbocycles. The summed E-state index contributed by atoms with van der Waals surface area (Å²) in [6.45, 7) is 3.09. The smallest absolute Gasteiger partial charge is 0.340 e. The van der Waals surface area contributed by atoms with Gasteiger partial charge >= 0.3 is 5.97 Å². The van der Waals surface area contributed by atoms with Gasteiger partial charge in [-0.2, -0.15) is 4.31 Å². The van der Waals surface area contributed by atoms with Crippen LogP contribution in [0, 0.1) is 11.6 Å². The summed E-state index contributed by atoms with van der Waals surface area (Å²) in [5.41, 5.74) is -0.259. The lowest BCUT2D eigenvalue weighted by Gasteiger charge is -2.19. The summed E-state index contributed by atoms with van der Waals surface area (Å²) in [5.74, 6) is -4.05. The Kier molecular flexibility index (Phi) is 7.88. The molecular weight excluding hydrogens is 442 g/mol. The lowest BCUT2D eigenvalue weighted by molar-refractivity contribution is -0.119. The van der Waals surface area contributed by atoms with Crippen molar-refractivity contribution in [3.05, 3.63) is 58.6 Å². The number of halogens is 3. The van der Waals surface area contributed by atoms with Crippen molar-refractivity contribution in [3.8, 4) is 0 Å². The summed E-state index contributed by atoms with van der Waals surface area (Å²) in [4.78, 5) is 24.0. The van der Waals surface area contributed by atoms with Gasteiger partial charge in [-0.05, 0) is 30.3 Å². The van der Waals surface area contributed by atoms with Gasteiger partial charge in [-0.3, -0.25) is 4.79 Å². The Morgan fingerprint density at radius 2 is 1.73 bits per heavy atom. The van der Waals surface area contributed by atoms with Crippen LogP contribution in [0.5, 0.6) is 0 Å². The van der Waals surface area contributed by atoms with Crippen molar-refractivity contribution in [2.45, 2.75) is 18.7 Å². The first-order chi connectivity index (χ1) is 14.1. The fourth-order valence-electron chi connectivity index (χ4n) is 2.51. The first-order valence-corrected chi connectivity index (χ1v) is 10.6. The van der Waals surface area contributed by atoms with Gasteiger partial charge < -0.3 is 10.1 Å². The Balaban J connectivity index is 2.11. The van der Waals surface area contributed by atoms with Crippen LogP contribution in [0.3, 0.4) is 0 Å². The van der Waals surface area contributed by atoms with Gasteiger partial charge in [0, 0.05) is 24.8 Å². The number of sulfonamides is 1. The number of carbonyl (C=O) groups excluding carboxylic acids is 2. The molecule has 0 aromatic heterocycles. The molecule has 0 saturated heterocycles. The number of esters is 1. The van der Waals surface area contributed by atoms with Crippen molar-refractivity contribution in [1.29, 1.82) is 0 Å². The van der Waals surface area contributed by atoms with Crippen LogP contribution in [0.2, 0.25) is 5.02 Å². The molecule has 162 valence electrons. The highest BCUT2D eigenvalue weighted by Gasteiger charge is 2.24. The Labute approximate surface area is 177 Å². The predicted molar refractivity (Wildman–Crippen MR) is 107 cm³/mol. The molecule has 11 heteroatoms. The summed E-state index contributed by atoms with van der Waals surface area (Å²) in [6.07, 6.45) is 0. The Morgan fingerprint density at radius 1 is 1.07 bits per heavy atom. The normalized spacial score (nSPS) is 11.4. The van der Waals surface area contributed by atoms with E-state index in [0.29, 0.717) is 0 Å². The van der Waals surface area contributed by atoms with E-state index in [9.17, 15) is 26.8 Å². The number of nitrogens with zero attached hydrogens (tertiary/aromatic N) is 1. The molecule has 0 fully saturated rings. The van der Waals surface area contributed by atoms with E-state index in [0.717, 1.165) is 24.3 Å². The van der Waals surface area contributed by atoms with Gasteiger partial charge in [-0.25, -0.2) is 22.0 Å². The second-order valence-electron chi connectivity index (χ2n) is 5.98. The first-order valence-electron chi connectivity index (χ1n) is 8.81. The van der Waals surface area contributed by atoms with E-state index in [4.69, 9.17) is 16.3 Å². The van der Waals surface area contributed by atoms with Crippen LogP contribution in [0.15, 0.2) is 41.3 Å². The average Bonchev–Trinajstić information content (AvgIpc) is 2.70. The number of hydrogen-bond donors (Lipinski definition) is 1. The molecule has 0 bridgehead atoms. The minimum absolute atomic E-state index is 0.0275. The molecule has 0 aliphatic rings. The third-order valence-electron chi connectivity index (χ3n) is 4.04. The van der Waals surface area contributed by atoms with Crippen LogP contribution in [-0.2, 0) is 19.6 Å². The maximum atomic E-state index is 13.2. The number of ether oxygens (including phenoxy) is 1. The molecule has 2 aromatic rings. The van der Waals surface area contributed by atoms with Crippen molar-refractivity contribution in [1.82, 2.24) is 4.31 Å². The van der Waals surface area contributed by atoms with E-state index in [1.807, 2.05) is 0 Å². The molecular formula is C19H19ClF2N2O5S. The Hall–Kier alpha value is -2.56. The van der Waals surface area contributed by atoms with Gasteiger partial charge in [0.15, 0.2) is 18.2 Å². The summed E-state index contributed by atoms with van der Waals surface area (Å²) < 4.78 is 57.4. The van der Waals surface area contributed by atoms with Crippen LogP contribution >= 0.6 is 11.6 Å². The molecule has 2 rings (SSSR count). The third kappa shape index (κ3) is 5.53. The Morgan fingerprint density at radius 3 is 2.33 bits per heavy atom. The lowest BCUT2D eigenvalue weighted by atomic mass is 10.2. The summed E-state index contributed by atoms with van der Waals surface area (Å²) in [6, 6.07) is 6.33. The second kappa shape index (κ2) is 9.96. The summed E-state index contributed by atoms with van der Waals surface area (Å²) >= 11 is 5.98. The largest absolute Gasteiger partial charge is 0.452 e. The zero-order valence-corrected chi connectivity index (χ0v) is 17.7. The van der Waals surface area contributed by atoms with Crippen molar-refractivity contribution < 1.29 is 31.5 Å². The number of nitrogens with one attached hydrogen (secondary N) is 1. The van der Waals surface area contributed by atoms with E-state index in [-0.39, 0.29) is 34.3 Å². The van der Waals surface area contributed by atoms with E-state index in [1.54, 1.807) is 13.8 Å². The molecule has 1 amide bonds. The van der Waals surface area contributed by atoms with E-state index in [1.165, 1.54) is 16.4 Å². The third-order valence-corrected chi connectivity index (χ3v) is 6.41. The lowest BCUT2D eigenvalue weighted by Crippen LogP contribution is -2.30. The maximum Gasteiger partial charge on any atom is 0.340 e. The summed E-state index contributed by atoms with van der Waals surface area (Å²) in [7, 11) is -3.83. The molecule has 0 spiro atoms. The molecule has 0 atom stereocenters. The van der Waals surface area contributed by atoms with Gasteiger partial charge in [-0.15, -0.1) is 0 Å². The molecule has 0 heterocycles. The molecule has 30 heavy (non-hydrogen) atoms. The van der Waals surface area contributed by atoms with Gasteiger partial charge in [0.1, 0.15) is 0 Å².